The Morgan fingerprint density at radius 3 is 3.00 bits per heavy atom. The van der Waals surface area contributed by atoms with Crippen molar-refractivity contribution in [2.75, 3.05) is 25.0 Å². The second-order valence-corrected chi connectivity index (χ2v) is 5.16. The molecule has 0 bridgehead atoms. The maximum atomic E-state index is 14.3. The van der Waals surface area contributed by atoms with Gasteiger partial charge in [-0.1, -0.05) is 5.11 Å². The van der Waals surface area contributed by atoms with Gasteiger partial charge in [0.1, 0.15) is 11.9 Å². The predicted molar refractivity (Wildman–Crippen MR) is 80.6 cm³/mol. The third-order valence-electron chi connectivity index (χ3n) is 3.59. The second-order valence-electron chi connectivity index (χ2n) is 5.16. The second kappa shape index (κ2) is 7.55. The number of alkyl halides is 1. The molecule has 1 fully saturated rings. The molecule has 2 rings (SSSR count). The molecule has 2 heterocycles. The van der Waals surface area contributed by atoms with Crippen LogP contribution in [0.4, 0.5) is 10.2 Å². The third-order valence-corrected chi connectivity index (χ3v) is 3.59. The first kappa shape index (κ1) is 18.1. The highest BCUT2D eigenvalue weighted by molar-refractivity contribution is 5.31. The first-order chi connectivity index (χ1) is 11.5. The van der Waals surface area contributed by atoms with E-state index in [1.54, 1.807) is 0 Å². The smallest absolute Gasteiger partial charge is 0.351 e. The van der Waals surface area contributed by atoms with E-state index in [0.29, 0.717) is 19.5 Å². The lowest BCUT2D eigenvalue weighted by Crippen LogP contribution is -2.43. The fourth-order valence-corrected chi connectivity index (χ4v) is 2.30. The Morgan fingerprint density at radius 2 is 2.42 bits per heavy atom. The average Bonchev–Trinajstić information content (AvgIpc) is 2.81. The Balaban J connectivity index is 2.25. The number of rotatable bonds is 7. The van der Waals surface area contributed by atoms with E-state index >= 15 is 0 Å². The van der Waals surface area contributed by atoms with E-state index in [0.717, 1.165) is 4.57 Å². The SMILES string of the molecule is [N-]=[N+]=N[C@]1(CO)O[C@@H](n2ccc(NCCCN)nc2=O)[C@@H](F)C1O. The van der Waals surface area contributed by atoms with Crippen LogP contribution in [-0.2, 0) is 4.74 Å². The maximum absolute atomic E-state index is 14.3. The zero-order valence-electron chi connectivity index (χ0n) is 12.6. The van der Waals surface area contributed by atoms with Gasteiger partial charge >= 0.3 is 5.69 Å². The van der Waals surface area contributed by atoms with Crippen molar-refractivity contribution in [3.63, 3.8) is 0 Å². The number of nitrogens with two attached hydrogens (primary N) is 1. The quantitative estimate of drug-likeness (QED) is 0.218. The molecule has 1 aromatic rings. The predicted octanol–water partition coefficient (Wildman–Crippen LogP) is -0.769. The highest BCUT2D eigenvalue weighted by Crippen LogP contribution is 2.39. The number of ether oxygens (including phenoxy) is 1. The van der Waals surface area contributed by atoms with E-state index in [1.165, 1.54) is 12.3 Å². The molecule has 0 aromatic carbocycles. The minimum absolute atomic E-state index is 0.280. The van der Waals surface area contributed by atoms with Gasteiger partial charge in [-0.05, 0) is 24.6 Å². The Bertz CT molecular complexity index is 680. The summed E-state index contributed by atoms with van der Waals surface area (Å²) in [6.45, 7) is 0.0436. The fourth-order valence-electron chi connectivity index (χ4n) is 2.30. The minimum Gasteiger partial charge on any atom is -0.393 e. The van der Waals surface area contributed by atoms with E-state index in [4.69, 9.17) is 16.0 Å². The number of aliphatic hydroxyl groups is 2. The Labute approximate surface area is 135 Å². The molecule has 12 heteroatoms. The average molecular weight is 343 g/mol. The summed E-state index contributed by atoms with van der Waals surface area (Å²) in [5.41, 5.74) is 10.8. The molecule has 24 heavy (non-hydrogen) atoms. The highest BCUT2D eigenvalue weighted by atomic mass is 19.1. The van der Waals surface area contributed by atoms with Gasteiger partial charge in [0.2, 0.25) is 5.72 Å². The van der Waals surface area contributed by atoms with Crippen molar-refractivity contribution >= 4 is 5.82 Å². The summed E-state index contributed by atoms with van der Waals surface area (Å²) in [6, 6.07) is 1.42. The lowest BCUT2D eigenvalue weighted by atomic mass is 10.1. The number of azide groups is 1. The zero-order chi connectivity index (χ0) is 17.7. The van der Waals surface area contributed by atoms with Gasteiger partial charge in [0.05, 0.1) is 6.61 Å². The number of anilines is 1. The van der Waals surface area contributed by atoms with Crippen molar-refractivity contribution in [2.24, 2.45) is 10.8 Å². The van der Waals surface area contributed by atoms with Crippen LogP contribution in [0.2, 0.25) is 0 Å². The van der Waals surface area contributed by atoms with Gasteiger partial charge in [-0.15, -0.1) is 0 Å². The van der Waals surface area contributed by atoms with Crippen LogP contribution in [0.5, 0.6) is 0 Å². The van der Waals surface area contributed by atoms with E-state index in [-0.39, 0.29) is 5.82 Å². The molecule has 0 aliphatic carbocycles. The molecule has 132 valence electrons. The normalized spacial score (nSPS) is 29.2. The van der Waals surface area contributed by atoms with Crippen molar-refractivity contribution in [2.45, 2.75) is 30.6 Å². The number of hydrogen-bond acceptors (Lipinski definition) is 8. The lowest BCUT2D eigenvalue weighted by molar-refractivity contribution is -0.124. The van der Waals surface area contributed by atoms with Gasteiger partial charge in [0, 0.05) is 17.7 Å². The summed E-state index contributed by atoms with van der Waals surface area (Å²) in [5, 5.41) is 25.2. The van der Waals surface area contributed by atoms with E-state index in [2.05, 4.69) is 20.3 Å². The van der Waals surface area contributed by atoms with Crippen molar-refractivity contribution < 1.29 is 19.3 Å². The van der Waals surface area contributed by atoms with Crippen molar-refractivity contribution in [1.29, 1.82) is 0 Å². The Kier molecular flexibility index (Phi) is 5.70. The van der Waals surface area contributed by atoms with Gasteiger partial charge in [-0.3, -0.25) is 4.57 Å². The van der Waals surface area contributed by atoms with Crippen LogP contribution in [-0.4, -0.2) is 57.5 Å². The lowest BCUT2D eigenvalue weighted by Gasteiger charge is -2.23. The molecular weight excluding hydrogens is 325 g/mol. The van der Waals surface area contributed by atoms with E-state index in [1.807, 2.05) is 0 Å². The first-order valence-corrected chi connectivity index (χ1v) is 7.19. The molecule has 0 spiro atoms. The summed E-state index contributed by atoms with van der Waals surface area (Å²) >= 11 is 0. The monoisotopic (exact) mass is 343 g/mol. The number of aromatic nitrogens is 2. The van der Waals surface area contributed by atoms with Gasteiger partial charge in [0.15, 0.2) is 12.4 Å². The zero-order valence-corrected chi connectivity index (χ0v) is 12.6. The van der Waals surface area contributed by atoms with Gasteiger partial charge < -0.3 is 26.0 Å². The molecule has 4 atom stereocenters. The maximum Gasteiger partial charge on any atom is 0.351 e. The molecule has 1 aromatic heterocycles. The molecule has 11 nitrogen and oxygen atoms in total. The third kappa shape index (κ3) is 3.32. The minimum atomic E-state index is -2.20. The van der Waals surface area contributed by atoms with Crippen LogP contribution in [0, 0.1) is 0 Å². The summed E-state index contributed by atoms with van der Waals surface area (Å²) in [6.07, 6.45) is -3.71. The van der Waals surface area contributed by atoms with Crippen LogP contribution in [0.1, 0.15) is 12.6 Å². The van der Waals surface area contributed by atoms with Crippen LogP contribution >= 0.6 is 0 Å². The molecule has 1 aliphatic heterocycles. The Hall–Kier alpha value is -2.24. The highest BCUT2D eigenvalue weighted by Gasteiger charge is 2.56. The van der Waals surface area contributed by atoms with E-state index in [9.17, 15) is 19.4 Å². The van der Waals surface area contributed by atoms with Crippen LogP contribution in [0.3, 0.4) is 0 Å². The summed E-state index contributed by atoms with van der Waals surface area (Å²) in [4.78, 5) is 18.2. The van der Waals surface area contributed by atoms with Gasteiger partial charge in [-0.25, -0.2) is 9.18 Å². The molecular formula is C12H18FN7O4. The number of nitrogens with one attached hydrogen (secondary N) is 1. The molecule has 0 saturated carbocycles. The van der Waals surface area contributed by atoms with Gasteiger partial charge in [0.25, 0.3) is 0 Å². The molecule has 1 saturated heterocycles. The molecule has 5 N–H and O–H groups in total. The fraction of sp³-hybridized carbons (Fsp3) is 0.667. The summed E-state index contributed by atoms with van der Waals surface area (Å²) in [7, 11) is 0. The van der Waals surface area contributed by atoms with Crippen molar-refractivity contribution in [1.82, 2.24) is 9.55 Å². The molecule has 1 aliphatic rings. The number of halogens is 1. The number of aliphatic hydroxyl groups excluding tert-OH is 2. The standard InChI is InChI=1S/C12H18FN7O4/c13-8-9(22)12(6-21,18-19-15)24-10(8)20-5-2-7(17-11(20)23)16-4-1-3-14/h2,5,8-10,21-22H,1,3-4,6,14H2,(H,16,17,23)/t8-,9?,10+,12+/m0/s1. The number of hydrogen-bond donors (Lipinski definition) is 4. The topological polar surface area (TPSA) is 171 Å². The molecule has 1 unspecified atom stereocenters. The summed E-state index contributed by atoms with van der Waals surface area (Å²) < 4.78 is 20.3. The van der Waals surface area contributed by atoms with Crippen molar-refractivity contribution in [3.05, 3.63) is 33.2 Å². The number of nitrogens with zero attached hydrogens (tertiary/aromatic N) is 5. The van der Waals surface area contributed by atoms with Crippen LogP contribution in [0.25, 0.3) is 10.4 Å². The van der Waals surface area contributed by atoms with Crippen LogP contribution < -0.4 is 16.7 Å². The largest absolute Gasteiger partial charge is 0.393 e. The molecule has 0 radical (unpaired) electrons. The van der Waals surface area contributed by atoms with Crippen molar-refractivity contribution in [3.8, 4) is 0 Å². The first-order valence-electron chi connectivity index (χ1n) is 7.19. The molecule has 0 amide bonds. The van der Waals surface area contributed by atoms with E-state index < -0.39 is 36.5 Å². The van der Waals surface area contributed by atoms with Gasteiger partial charge in [-0.2, -0.15) is 4.98 Å². The van der Waals surface area contributed by atoms with Crippen LogP contribution in [0.15, 0.2) is 22.2 Å². The summed E-state index contributed by atoms with van der Waals surface area (Å²) in [5.74, 6) is 0.280. The Morgan fingerprint density at radius 1 is 1.67 bits per heavy atom.